The quantitative estimate of drug-likeness (QED) is 0.893. The molecule has 0 aromatic heterocycles. The summed E-state index contributed by atoms with van der Waals surface area (Å²) in [4.78, 5) is 2.56. The van der Waals surface area contributed by atoms with E-state index in [1.54, 1.807) is 0 Å². The number of anilines is 1. The summed E-state index contributed by atoms with van der Waals surface area (Å²) in [6, 6.07) is 7.74. The van der Waals surface area contributed by atoms with Crippen LogP contribution in [-0.2, 0) is 13.0 Å². The van der Waals surface area contributed by atoms with Crippen LogP contribution in [0.1, 0.15) is 50.7 Å². The largest absolute Gasteiger partial charge is 0.384 e. The Morgan fingerprint density at radius 3 is 2.75 bits per heavy atom. The van der Waals surface area contributed by atoms with Crippen molar-refractivity contribution in [3.05, 3.63) is 29.3 Å². The van der Waals surface area contributed by atoms with Crippen LogP contribution in [0.2, 0.25) is 0 Å². The van der Waals surface area contributed by atoms with Gasteiger partial charge < -0.3 is 5.32 Å². The molecule has 0 unspecified atom stereocenters. The zero-order chi connectivity index (χ0) is 14.2. The molecule has 20 heavy (non-hydrogen) atoms. The molecule has 1 aromatic carbocycles. The van der Waals surface area contributed by atoms with Gasteiger partial charge in [-0.05, 0) is 61.8 Å². The van der Waals surface area contributed by atoms with Crippen LogP contribution in [0.4, 0.5) is 5.69 Å². The predicted molar refractivity (Wildman–Crippen MR) is 86.1 cm³/mol. The molecule has 1 heterocycles. The molecule has 1 N–H and O–H groups in total. The first-order valence-corrected chi connectivity index (χ1v) is 8.09. The summed E-state index contributed by atoms with van der Waals surface area (Å²) in [7, 11) is 2.30. The molecular weight excluding hydrogens is 244 g/mol. The Bertz CT molecular complexity index is 468. The van der Waals surface area contributed by atoms with Crippen LogP contribution in [0, 0.1) is 5.41 Å². The molecular formula is C18H28N2. The normalized spacial score (nSPS) is 21.8. The van der Waals surface area contributed by atoms with Gasteiger partial charge in [0.05, 0.1) is 0 Å². The van der Waals surface area contributed by atoms with E-state index >= 15 is 0 Å². The van der Waals surface area contributed by atoms with Gasteiger partial charge in [-0.1, -0.05) is 26.0 Å². The Hall–Kier alpha value is -1.02. The first-order chi connectivity index (χ1) is 9.53. The summed E-state index contributed by atoms with van der Waals surface area (Å²) in [5, 5.41) is 3.49. The van der Waals surface area contributed by atoms with Crippen molar-refractivity contribution in [3.8, 4) is 0 Å². The third-order valence-electron chi connectivity index (χ3n) is 5.25. The van der Waals surface area contributed by atoms with Crippen LogP contribution in [0.25, 0.3) is 0 Å². The molecule has 1 aliphatic heterocycles. The van der Waals surface area contributed by atoms with Gasteiger partial charge >= 0.3 is 0 Å². The van der Waals surface area contributed by atoms with Gasteiger partial charge in [0.25, 0.3) is 0 Å². The fourth-order valence-corrected chi connectivity index (χ4v) is 3.68. The number of benzene rings is 1. The maximum absolute atomic E-state index is 3.49. The molecule has 2 heteroatoms. The lowest BCUT2D eigenvalue weighted by Crippen LogP contribution is -2.36. The van der Waals surface area contributed by atoms with Gasteiger partial charge in [0.15, 0.2) is 0 Å². The minimum atomic E-state index is 0.564. The van der Waals surface area contributed by atoms with Crippen LogP contribution in [0.5, 0.6) is 0 Å². The van der Waals surface area contributed by atoms with Gasteiger partial charge in [0, 0.05) is 24.8 Å². The van der Waals surface area contributed by atoms with E-state index in [0.717, 1.165) is 19.1 Å². The van der Waals surface area contributed by atoms with Crippen LogP contribution in [0.3, 0.4) is 0 Å². The van der Waals surface area contributed by atoms with Crippen molar-refractivity contribution in [2.24, 2.45) is 5.41 Å². The molecule has 3 rings (SSSR count). The molecule has 1 saturated carbocycles. The highest BCUT2D eigenvalue weighted by molar-refractivity contribution is 5.57. The van der Waals surface area contributed by atoms with Crippen molar-refractivity contribution in [2.45, 2.75) is 58.5 Å². The van der Waals surface area contributed by atoms with E-state index < -0.39 is 0 Å². The van der Waals surface area contributed by atoms with Crippen LogP contribution >= 0.6 is 0 Å². The topological polar surface area (TPSA) is 15.3 Å². The molecule has 1 aliphatic carbocycles. The average Bonchev–Trinajstić information content (AvgIpc) is 2.86. The van der Waals surface area contributed by atoms with E-state index in [-0.39, 0.29) is 0 Å². The molecule has 0 saturated heterocycles. The van der Waals surface area contributed by atoms with Gasteiger partial charge in [-0.25, -0.2) is 0 Å². The molecule has 2 nitrogen and oxygen atoms in total. The van der Waals surface area contributed by atoms with E-state index in [4.69, 9.17) is 0 Å². The summed E-state index contributed by atoms with van der Waals surface area (Å²) in [6.07, 6.45) is 6.63. The fourth-order valence-electron chi connectivity index (χ4n) is 3.68. The van der Waals surface area contributed by atoms with Gasteiger partial charge in [-0.15, -0.1) is 0 Å². The number of hydrogen-bond donors (Lipinski definition) is 1. The minimum Gasteiger partial charge on any atom is -0.384 e. The smallest absolute Gasteiger partial charge is 0.0376 e. The first kappa shape index (κ1) is 13.9. The third kappa shape index (κ3) is 3.01. The summed E-state index contributed by atoms with van der Waals surface area (Å²) in [5.74, 6) is 0. The Morgan fingerprint density at radius 1 is 1.25 bits per heavy atom. The zero-order valence-corrected chi connectivity index (χ0v) is 13.2. The monoisotopic (exact) mass is 272 g/mol. The Kier molecular flexibility index (Phi) is 3.76. The maximum Gasteiger partial charge on any atom is 0.0376 e. The van der Waals surface area contributed by atoms with E-state index in [1.807, 2.05) is 0 Å². The molecule has 110 valence electrons. The number of nitrogens with zero attached hydrogens (tertiary/aromatic N) is 1. The van der Waals surface area contributed by atoms with Gasteiger partial charge in [0.1, 0.15) is 0 Å². The predicted octanol–water partition coefficient (Wildman–Crippen LogP) is 4.06. The first-order valence-electron chi connectivity index (χ1n) is 8.09. The lowest BCUT2D eigenvalue weighted by atomic mass is 9.75. The maximum atomic E-state index is 3.49. The van der Waals surface area contributed by atoms with Crippen molar-refractivity contribution < 1.29 is 0 Å². The second kappa shape index (κ2) is 5.40. The standard InChI is InChI=1S/C18H28N2/c1-18(2)9-6-16(7-10-18)20(3)13-14-4-5-15-8-11-19-17(15)12-14/h4-5,12,16,19H,6-11,13H2,1-3H3. The molecule has 0 radical (unpaired) electrons. The van der Waals surface area contributed by atoms with Gasteiger partial charge in [0.2, 0.25) is 0 Å². The number of hydrogen-bond acceptors (Lipinski definition) is 2. The van der Waals surface area contributed by atoms with E-state index in [0.29, 0.717) is 5.41 Å². The zero-order valence-electron chi connectivity index (χ0n) is 13.2. The van der Waals surface area contributed by atoms with Crippen molar-refractivity contribution >= 4 is 5.69 Å². The van der Waals surface area contributed by atoms with Crippen molar-refractivity contribution in [1.82, 2.24) is 4.90 Å². The highest BCUT2D eigenvalue weighted by Gasteiger charge is 2.28. The van der Waals surface area contributed by atoms with Crippen LogP contribution < -0.4 is 5.32 Å². The SMILES string of the molecule is CN(Cc1ccc2c(c1)NCC2)C1CCC(C)(C)CC1. The molecule has 1 fully saturated rings. The van der Waals surface area contributed by atoms with Crippen LogP contribution in [-0.4, -0.2) is 24.5 Å². The fraction of sp³-hybridized carbons (Fsp3) is 0.667. The van der Waals surface area contributed by atoms with E-state index in [2.05, 4.69) is 49.3 Å². The Balaban J connectivity index is 1.60. The second-order valence-electron chi connectivity index (χ2n) is 7.48. The summed E-state index contributed by atoms with van der Waals surface area (Å²) in [5.41, 5.74) is 4.86. The van der Waals surface area contributed by atoms with Crippen molar-refractivity contribution in [2.75, 3.05) is 18.9 Å². The highest BCUT2D eigenvalue weighted by atomic mass is 15.1. The molecule has 2 aliphatic rings. The van der Waals surface area contributed by atoms with Crippen LogP contribution in [0.15, 0.2) is 18.2 Å². The molecule has 0 atom stereocenters. The summed E-state index contributed by atoms with van der Waals surface area (Å²) < 4.78 is 0. The van der Waals surface area contributed by atoms with Gasteiger partial charge in [-0.2, -0.15) is 0 Å². The highest BCUT2D eigenvalue weighted by Crippen LogP contribution is 2.37. The van der Waals surface area contributed by atoms with E-state index in [1.165, 1.54) is 48.9 Å². The third-order valence-corrected chi connectivity index (χ3v) is 5.25. The number of fused-ring (bicyclic) bond motifs is 1. The molecule has 0 bridgehead atoms. The number of rotatable bonds is 3. The minimum absolute atomic E-state index is 0.564. The Labute approximate surface area is 123 Å². The lowest BCUT2D eigenvalue weighted by Gasteiger charge is -2.38. The second-order valence-corrected chi connectivity index (χ2v) is 7.48. The molecule has 0 spiro atoms. The van der Waals surface area contributed by atoms with Crippen molar-refractivity contribution in [1.29, 1.82) is 0 Å². The summed E-state index contributed by atoms with van der Waals surface area (Å²) >= 11 is 0. The molecule has 1 aromatic rings. The van der Waals surface area contributed by atoms with Crippen molar-refractivity contribution in [3.63, 3.8) is 0 Å². The van der Waals surface area contributed by atoms with E-state index in [9.17, 15) is 0 Å². The van der Waals surface area contributed by atoms with Gasteiger partial charge in [-0.3, -0.25) is 4.90 Å². The average molecular weight is 272 g/mol. The lowest BCUT2D eigenvalue weighted by molar-refractivity contribution is 0.123. The number of nitrogens with one attached hydrogen (secondary N) is 1. The molecule has 0 amide bonds. The summed E-state index contributed by atoms with van der Waals surface area (Å²) in [6.45, 7) is 7.01. The Morgan fingerprint density at radius 2 is 2.00 bits per heavy atom.